The lowest BCUT2D eigenvalue weighted by atomic mass is 10.0. The standard InChI is InChI=1S/C24H20ClFN2O2/c25-21-14-18(26)11-10-17(21)15-28-22(19-8-4-5-9-20(19)24(28)30)23(29)27-13-12-16-6-2-1-3-7-16/h1-11,14,22H,12-13,15H2,(H,27,29)/t22-/m1/s1. The summed E-state index contributed by atoms with van der Waals surface area (Å²) < 4.78 is 13.4. The van der Waals surface area contributed by atoms with Crippen LogP contribution in [0.5, 0.6) is 0 Å². The molecule has 1 aliphatic rings. The van der Waals surface area contributed by atoms with E-state index in [1.165, 1.54) is 23.1 Å². The van der Waals surface area contributed by atoms with Crippen LogP contribution >= 0.6 is 11.6 Å². The van der Waals surface area contributed by atoms with Crippen molar-refractivity contribution in [2.75, 3.05) is 6.54 Å². The fourth-order valence-electron chi connectivity index (χ4n) is 3.72. The normalized spacial score (nSPS) is 15.2. The van der Waals surface area contributed by atoms with E-state index in [2.05, 4.69) is 5.32 Å². The van der Waals surface area contributed by atoms with Crippen LogP contribution in [-0.4, -0.2) is 23.3 Å². The Morgan fingerprint density at radius 1 is 1.03 bits per heavy atom. The average molecular weight is 423 g/mol. The van der Waals surface area contributed by atoms with Gasteiger partial charge in [0, 0.05) is 23.7 Å². The van der Waals surface area contributed by atoms with Crippen molar-refractivity contribution < 1.29 is 14.0 Å². The zero-order valence-electron chi connectivity index (χ0n) is 16.1. The predicted molar refractivity (Wildman–Crippen MR) is 114 cm³/mol. The molecule has 0 fully saturated rings. The molecule has 0 unspecified atom stereocenters. The van der Waals surface area contributed by atoms with Crippen LogP contribution in [0, 0.1) is 5.82 Å². The summed E-state index contributed by atoms with van der Waals surface area (Å²) >= 11 is 6.17. The fourth-order valence-corrected chi connectivity index (χ4v) is 3.95. The molecule has 0 aromatic heterocycles. The highest BCUT2D eigenvalue weighted by Crippen LogP contribution is 2.35. The third-order valence-electron chi connectivity index (χ3n) is 5.22. The average Bonchev–Trinajstić information content (AvgIpc) is 3.03. The molecular weight excluding hydrogens is 403 g/mol. The number of carbonyl (C=O) groups excluding carboxylic acids is 2. The van der Waals surface area contributed by atoms with E-state index in [9.17, 15) is 14.0 Å². The van der Waals surface area contributed by atoms with E-state index in [0.717, 1.165) is 5.56 Å². The molecule has 3 aromatic rings. The number of hydrogen-bond donors (Lipinski definition) is 1. The molecular formula is C24H20ClFN2O2. The van der Waals surface area contributed by atoms with Gasteiger partial charge in [0.05, 0.1) is 0 Å². The first-order chi connectivity index (χ1) is 14.5. The molecule has 1 aliphatic heterocycles. The van der Waals surface area contributed by atoms with Gasteiger partial charge in [0.2, 0.25) is 5.91 Å². The van der Waals surface area contributed by atoms with E-state index < -0.39 is 11.9 Å². The summed E-state index contributed by atoms with van der Waals surface area (Å²) in [6.07, 6.45) is 0.693. The second-order valence-corrected chi connectivity index (χ2v) is 7.59. The van der Waals surface area contributed by atoms with Crippen LogP contribution in [0.15, 0.2) is 72.8 Å². The molecule has 0 bridgehead atoms. The van der Waals surface area contributed by atoms with Crippen molar-refractivity contribution in [3.8, 4) is 0 Å². The van der Waals surface area contributed by atoms with Gasteiger partial charge in [-0.3, -0.25) is 9.59 Å². The lowest BCUT2D eigenvalue weighted by molar-refractivity contribution is -0.125. The van der Waals surface area contributed by atoms with Crippen molar-refractivity contribution in [1.29, 1.82) is 0 Å². The topological polar surface area (TPSA) is 49.4 Å². The Morgan fingerprint density at radius 2 is 1.77 bits per heavy atom. The Balaban J connectivity index is 1.55. The van der Waals surface area contributed by atoms with Crippen molar-refractivity contribution >= 4 is 23.4 Å². The summed E-state index contributed by atoms with van der Waals surface area (Å²) in [6.45, 7) is 0.574. The number of rotatable bonds is 6. The van der Waals surface area contributed by atoms with E-state index in [-0.39, 0.29) is 23.4 Å². The summed E-state index contributed by atoms with van der Waals surface area (Å²) in [7, 11) is 0. The van der Waals surface area contributed by atoms with Gasteiger partial charge in [0.15, 0.2) is 0 Å². The third-order valence-corrected chi connectivity index (χ3v) is 5.57. The van der Waals surface area contributed by atoms with Crippen molar-refractivity contribution in [2.45, 2.75) is 19.0 Å². The van der Waals surface area contributed by atoms with Crippen molar-refractivity contribution in [1.82, 2.24) is 10.2 Å². The van der Waals surface area contributed by atoms with Gasteiger partial charge in [0.25, 0.3) is 5.91 Å². The number of halogens is 2. The fraction of sp³-hybridized carbons (Fsp3) is 0.167. The number of amides is 2. The molecule has 1 atom stereocenters. The molecule has 152 valence electrons. The molecule has 0 saturated carbocycles. The molecule has 4 rings (SSSR count). The monoisotopic (exact) mass is 422 g/mol. The van der Waals surface area contributed by atoms with Crippen LogP contribution in [0.25, 0.3) is 0 Å². The van der Waals surface area contributed by atoms with E-state index >= 15 is 0 Å². The van der Waals surface area contributed by atoms with Crippen LogP contribution in [0.3, 0.4) is 0 Å². The number of hydrogen-bond acceptors (Lipinski definition) is 2. The molecule has 2 amide bonds. The van der Waals surface area contributed by atoms with Gasteiger partial charge in [-0.15, -0.1) is 0 Å². The predicted octanol–water partition coefficient (Wildman–Crippen LogP) is 4.54. The molecule has 0 aliphatic carbocycles. The van der Waals surface area contributed by atoms with Gasteiger partial charge >= 0.3 is 0 Å². The highest BCUT2D eigenvalue weighted by Gasteiger charge is 2.40. The van der Waals surface area contributed by atoms with Gasteiger partial charge in [-0.2, -0.15) is 0 Å². The Morgan fingerprint density at radius 3 is 2.53 bits per heavy atom. The summed E-state index contributed by atoms with van der Waals surface area (Å²) in [5, 5.41) is 3.17. The molecule has 3 aromatic carbocycles. The molecule has 0 saturated heterocycles. The molecule has 0 radical (unpaired) electrons. The number of benzene rings is 3. The number of nitrogens with one attached hydrogen (secondary N) is 1. The molecule has 0 spiro atoms. The Hall–Kier alpha value is -3.18. The van der Waals surface area contributed by atoms with Gasteiger partial charge < -0.3 is 10.2 Å². The SMILES string of the molecule is O=C(NCCc1ccccc1)[C@H]1c2ccccc2C(=O)N1Cc1ccc(F)cc1Cl. The van der Waals surface area contributed by atoms with Crippen LogP contribution in [0.1, 0.15) is 33.1 Å². The number of nitrogens with zero attached hydrogens (tertiary/aromatic N) is 1. The quantitative estimate of drug-likeness (QED) is 0.634. The Labute approximate surface area is 179 Å². The van der Waals surface area contributed by atoms with E-state index in [4.69, 9.17) is 11.6 Å². The minimum atomic E-state index is -0.759. The maximum absolute atomic E-state index is 13.4. The number of fused-ring (bicyclic) bond motifs is 1. The minimum Gasteiger partial charge on any atom is -0.354 e. The zero-order chi connectivity index (χ0) is 21.1. The second kappa shape index (κ2) is 8.67. The van der Waals surface area contributed by atoms with Gasteiger partial charge in [-0.25, -0.2) is 4.39 Å². The van der Waals surface area contributed by atoms with Crippen molar-refractivity contribution in [3.63, 3.8) is 0 Å². The molecule has 30 heavy (non-hydrogen) atoms. The van der Waals surface area contributed by atoms with Gasteiger partial charge in [0.1, 0.15) is 11.9 Å². The summed E-state index contributed by atoms with van der Waals surface area (Å²) in [6, 6.07) is 20.2. The lowest BCUT2D eigenvalue weighted by Gasteiger charge is -2.25. The second-order valence-electron chi connectivity index (χ2n) is 7.19. The van der Waals surface area contributed by atoms with Crippen LogP contribution in [-0.2, 0) is 17.8 Å². The summed E-state index contributed by atoms with van der Waals surface area (Å²) in [5.41, 5.74) is 2.87. The first kappa shape index (κ1) is 20.1. The largest absolute Gasteiger partial charge is 0.354 e. The van der Waals surface area contributed by atoms with Crippen LogP contribution < -0.4 is 5.32 Å². The highest BCUT2D eigenvalue weighted by molar-refractivity contribution is 6.31. The molecule has 1 N–H and O–H groups in total. The van der Waals surface area contributed by atoms with E-state index in [0.29, 0.717) is 29.7 Å². The van der Waals surface area contributed by atoms with Gasteiger partial charge in [-0.1, -0.05) is 66.2 Å². The highest BCUT2D eigenvalue weighted by atomic mass is 35.5. The lowest BCUT2D eigenvalue weighted by Crippen LogP contribution is -2.39. The van der Waals surface area contributed by atoms with Gasteiger partial charge in [-0.05, 0) is 41.3 Å². The summed E-state index contributed by atoms with van der Waals surface area (Å²) in [5.74, 6) is -0.938. The number of carbonyl (C=O) groups is 2. The maximum atomic E-state index is 13.4. The van der Waals surface area contributed by atoms with Crippen LogP contribution in [0.2, 0.25) is 5.02 Å². The van der Waals surface area contributed by atoms with Crippen molar-refractivity contribution in [3.05, 3.63) is 106 Å². The molecule has 4 nitrogen and oxygen atoms in total. The first-order valence-electron chi connectivity index (χ1n) is 9.70. The smallest absolute Gasteiger partial charge is 0.255 e. The van der Waals surface area contributed by atoms with E-state index in [1.54, 1.807) is 18.2 Å². The Kier molecular flexibility index (Phi) is 5.81. The van der Waals surface area contributed by atoms with E-state index in [1.807, 2.05) is 36.4 Å². The van der Waals surface area contributed by atoms with Crippen LogP contribution in [0.4, 0.5) is 4.39 Å². The summed E-state index contributed by atoms with van der Waals surface area (Å²) in [4.78, 5) is 27.6. The maximum Gasteiger partial charge on any atom is 0.255 e. The molecule has 1 heterocycles. The minimum absolute atomic E-state index is 0.114. The first-order valence-corrected chi connectivity index (χ1v) is 10.1. The van der Waals surface area contributed by atoms with Crippen molar-refractivity contribution in [2.24, 2.45) is 0 Å². The zero-order valence-corrected chi connectivity index (χ0v) is 16.9. The molecule has 6 heteroatoms. The Bertz CT molecular complexity index is 1090. The third kappa shape index (κ3) is 4.07.